The van der Waals surface area contributed by atoms with E-state index in [-0.39, 0.29) is 11.3 Å². The summed E-state index contributed by atoms with van der Waals surface area (Å²) in [5.41, 5.74) is 1.38. The lowest BCUT2D eigenvalue weighted by Crippen LogP contribution is -2.31. The molecule has 0 radical (unpaired) electrons. The molecule has 2 aromatic rings. The zero-order valence-corrected chi connectivity index (χ0v) is 16.5. The molecule has 1 aliphatic heterocycles. The molecular formula is C21H20BrNO4. The van der Waals surface area contributed by atoms with Crippen LogP contribution in [-0.4, -0.2) is 42.0 Å². The number of aliphatic hydroxyl groups is 1. The van der Waals surface area contributed by atoms with Crippen molar-refractivity contribution in [2.24, 2.45) is 0 Å². The zero-order chi connectivity index (χ0) is 19.4. The summed E-state index contributed by atoms with van der Waals surface area (Å²) in [7, 11) is 1.59. The fourth-order valence-corrected chi connectivity index (χ4v) is 3.68. The Labute approximate surface area is 166 Å². The van der Waals surface area contributed by atoms with Gasteiger partial charge in [0.15, 0.2) is 0 Å². The molecule has 6 heteroatoms. The van der Waals surface area contributed by atoms with Gasteiger partial charge in [0, 0.05) is 30.3 Å². The first-order valence-electron chi connectivity index (χ1n) is 8.63. The van der Waals surface area contributed by atoms with Crippen LogP contribution in [0, 0.1) is 0 Å². The predicted octanol–water partition coefficient (Wildman–Crippen LogP) is 3.91. The highest BCUT2D eigenvalue weighted by Crippen LogP contribution is 2.39. The topological polar surface area (TPSA) is 66.8 Å². The van der Waals surface area contributed by atoms with E-state index < -0.39 is 17.7 Å². The van der Waals surface area contributed by atoms with Crippen LogP contribution >= 0.6 is 15.9 Å². The van der Waals surface area contributed by atoms with Crippen LogP contribution in [0.5, 0.6) is 0 Å². The van der Waals surface area contributed by atoms with Crippen molar-refractivity contribution < 1.29 is 19.4 Å². The van der Waals surface area contributed by atoms with E-state index >= 15 is 0 Å². The first kappa shape index (κ1) is 19.3. The maximum absolute atomic E-state index is 12.8. The van der Waals surface area contributed by atoms with Gasteiger partial charge in [0.05, 0.1) is 11.6 Å². The first-order valence-corrected chi connectivity index (χ1v) is 9.42. The number of carbonyl (C=O) groups is 2. The molecule has 2 aromatic carbocycles. The van der Waals surface area contributed by atoms with E-state index in [2.05, 4.69) is 15.9 Å². The van der Waals surface area contributed by atoms with Gasteiger partial charge in [-0.2, -0.15) is 0 Å². The number of methoxy groups -OCH3 is 1. The van der Waals surface area contributed by atoms with Crippen molar-refractivity contribution in [1.29, 1.82) is 0 Å². The third-order valence-electron chi connectivity index (χ3n) is 4.50. The zero-order valence-electron chi connectivity index (χ0n) is 14.9. The Morgan fingerprint density at radius 1 is 1.15 bits per heavy atom. The Morgan fingerprint density at radius 3 is 2.56 bits per heavy atom. The number of halogens is 1. The maximum Gasteiger partial charge on any atom is 0.295 e. The molecule has 0 aliphatic carbocycles. The molecule has 0 aromatic heterocycles. The van der Waals surface area contributed by atoms with E-state index in [1.807, 2.05) is 30.3 Å². The molecule has 27 heavy (non-hydrogen) atoms. The SMILES string of the molecule is COCCCN1C(=O)C(=O)C(=C(O)c2ccccc2)C1c1cccc(Br)c1. The normalized spacial score (nSPS) is 18.9. The average Bonchev–Trinajstić information content (AvgIpc) is 2.93. The van der Waals surface area contributed by atoms with E-state index in [0.717, 1.165) is 10.0 Å². The van der Waals surface area contributed by atoms with Crippen molar-refractivity contribution in [3.8, 4) is 0 Å². The van der Waals surface area contributed by atoms with Crippen molar-refractivity contribution in [3.63, 3.8) is 0 Å². The molecule has 1 aliphatic rings. The second-order valence-corrected chi connectivity index (χ2v) is 7.18. The van der Waals surface area contributed by atoms with Gasteiger partial charge in [0.1, 0.15) is 5.76 Å². The van der Waals surface area contributed by atoms with Crippen LogP contribution < -0.4 is 0 Å². The van der Waals surface area contributed by atoms with Crippen LogP contribution in [0.3, 0.4) is 0 Å². The molecule has 1 unspecified atom stereocenters. The minimum absolute atomic E-state index is 0.113. The Kier molecular flexibility index (Phi) is 6.08. The number of amides is 1. The van der Waals surface area contributed by atoms with Crippen molar-refractivity contribution in [2.45, 2.75) is 12.5 Å². The van der Waals surface area contributed by atoms with Crippen molar-refractivity contribution in [3.05, 3.63) is 75.8 Å². The lowest BCUT2D eigenvalue weighted by atomic mass is 9.95. The summed E-state index contributed by atoms with van der Waals surface area (Å²) < 4.78 is 5.91. The molecule has 0 spiro atoms. The quantitative estimate of drug-likeness (QED) is 0.327. The van der Waals surface area contributed by atoms with Crippen LogP contribution in [-0.2, 0) is 14.3 Å². The molecule has 1 N–H and O–H groups in total. The number of aliphatic hydroxyl groups excluding tert-OH is 1. The number of ether oxygens (including phenoxy) is 1. The standard InChI is InChI=1S/C21H20BrNO4/c1-27-12-6-11-23-18(15-9-5-10-16(22)13-15)17(20(25)21(23)26)19(24)14-7-3-2-4-8-14/h2-5,7-10,13,18,24H,6,11-12H2,1H3. The summed E-state index contributed by atoms with van der Waals surface area (Å²) >= 11 is 3.44. The smallest absolute Gasteiger partial charge is 0.295 e. The van der Waals surface area contributed by atoms with E-state index in [9.17, 15) is 14.7 Å². The number of ketones is 1. The fraction of sp³-hybridized carbons (Fsp3) is 0.238. The summed E-state index contributed by atoms with van der Waals surface area (Å²) in [6.07, 6.45) is 0.597. The van der Waals surface area contributed by atoms with Crippen LogP contribution in [0.4, 0.5) is 0 Å². The Balaban J connectivity index is 2.12. The van der Waals surface area contributed by atoms with Crippen LogP contribution in [0.15, 0.2) is 64.6 Å². The van der Waals surface area contributed by atoms with Gasteiger partial charge in [-0.05, 0) is 24.1 Å². The minimum Gasteiger partial charge on any atom is -0.507 e. The van der Waals surface area contributed by atoms with Gasteiger partial charge < -0.3 is 14.7 Å². The van der Waals surface area contributed by atoms with E-state index in [1.54, 1.807) is 31.4 Å². The number of carbonyl (C=O) groups excluding carboxylic acids is 2. The number of benzene rings is 2. The number of hydrogen-bond donors (Lipinski definition) is 1. The van der Waals surface area contributed by atoms with Gasteiger partial charge in [0.25, 0.3) is 11.7 Å². The molecule has 1 saturated heterocycles. The molecule has 1 atom stereocenters. The second-order valence-electron chi connectivity index (χ2n) is 6.26. The first-order chi connectivity index (χ1) is 13.0. The molecule has 0 bridgehead atoms. The van der Waals surface area contributed by atoms with Crippen molar-refractivity contribution in [1.82, 2.24) is 4.90 Å². The molecule has 1 fully saturated rings. The summed E-state index contributed by atoms with van der Waals surface area (Å²) in [4.78, 5) is 27.0. The average molecular weight is 430 g/mol. The van der Waals surface area contributed by atoms with Crippen molar-refractivity contribution >= 4 is 33.4 Å². The van der Waals surface area contributed by atoms with Crippen LogP contribution in [0.25, 0.3) is 5.76 Å². The fourth-order valence-electron chi connectivity index (χ4n) is 3.26. The van der Waals surface area contributed by atoms with Gasteiger partial charge in [-0.3, -0.25) is 9.59 Å². The number of Topliss-reactive ketones (excluding diaryl/α,β-unsaturated/α-hetero) is 1. The van der Waals surface area contributed by atoms with E-state index in [0.29, 0.717) is 25.1 Å². The summed E-state index contributed by atoms with van der Waals surface area (Å²) in [6.45, 7) is 0.841. The highest BCUT2D eigenvalue weighted by molar-refractivity contribution is 9.10. The highest BCUT2D eigenvalue weighted by atomic mass is 79.9. The number of rotatable bonds is 6. The van der Waals surface area contributed by atoms with Gasteiger partial charge in [0.2, 0.25) is 0 Å². The van der Waals surface area contributed by atoms with E-state index in [1.165, 1.54) is 4.90 Å². The van der Waals surface area contributed by atoms with Crippen LogP contribution in [0.2, 0.25) is 0 Å². The third-order valence-corrected chi connectivity index (χ3v) is 4.99. The summed E-state index contributed by atoms with van der Waals surface area (Å²) in [5, 5.41) is 10.8. The Hall–Kier alpha value is -2.44. The molecule has 1 heterocycles. The minimum atomic E-state index is -0.668. The predicted molar refractivity (Wildman–Crippen MR) is 106 cm³/mol. The molecule has 0 saturated carbocycles. The van der Waals surface area contributed by atoms with Gasteiger partial charge in [-0.15, -0.1) is 0 Å². The summed E-state index contributed by atoms with van der Waals surface area (Å²) in [5.74, 6) is -1.43. The number of nitrogens with zero attached hydrogens (tertiary/aromatic N) is 1. The third kappa shape index (κ3) is 3.96. The van der Waals surface area contributed by atoms with E-state index in [4.69, 9.17) is 4.74 Å². The number of hydrogen-bond acceptors (Lipinski definition) is 4. The molecule has 1 amide bonds. The van der Waals surface area contributed by atoms with Gasteiger partial charge >= 0.3 is 0 Å². The van der Waals surface area contributed by atoms with Gasteiger partial charge in [-0.1, -0.05) is 58.4 Å². The highest BCUT2D eigenvalue weighted by Gasteiger charge is 2.45. The van der Waals surface area contributed by atoms with Crippen molar-refractivity contribution in [2.75, 3.05) is 20.3 Å². The second kappa shape index (κ2) is 8.50. The lowest BCUT2D eigenvalue weighted by Gasteiger charge is -2.25. The van der Waals surface area contributed by atoms with Crippen LogP contribution in [0.1, 0.15) is 23.6 Å². The Bertz CT molecular complexity index is 879. The Morgan fingerprint density at radius 2 is 1.89 bits per heavy atom. The largest absolute Gasteiger partial charge is 0.507 e. The molecule has 5 nitrogen and oxygen atoms in total. The monoisotopic (exact) mass is 429 g/mol. The lowest BCUT2D eigenvalue weighted by molar-refractivity contribution is -0.140. The number of likely N-dealkylation sites (tertiary alicyclic amines) is 1. The maximum atomic E-state index is 12.8. The molecular weight excluding hydrogens is 410 g/mol. The molecule has 3 rings (SSSR count). The molecule has 140 valence electrons. The van der Waals surface area contributed by atoms with Gasteiger partial charge in [-0.25, -0.2) is 0 Å². The summed E-state index contributed by atoms with van der Waals surface area (Å²) in [6, 6.07) is 15.6.